The quantitative estimate of drug-likeness (QED) is 0.449. The highest BCUT2D eigenvalue weighted by Crippen LogP contribution is 2.14. The molecule has 0 radical (unpaired) electrons. The van der Waals surface area contributed by atoms with E-state index in [0.29, 0.717) is 26.2 Å². The van der Waals surface area contributed by atoms with Gasteiger partial charge in [-0.3, -0.25) is 19.7 Å². The van der Waals surface area contributed by atoms with Crippen LogP contribution in [0.1, 0.15) is 17.3 Å². The number of esters is 1. The fourth-order valence-electron chi connectivity index (χ4n) is 2.32. The van der Waals surface area contributed by atoms with Gasteiger partial charge in [0.1, 0.15) is 0 Å². The second-order valence-corrected chi connectivity index (χ2v) is 5.27. The number of nitrogens with zero attached hydrogens (tertiary/aromatic N) is 3. The molecular formula is C15H17N3O6. The van der Waals surface area contributed by atoms with E-state index in [-0.39, 0.29) is 23.1 Å². The molecule has 1 aromatic carbocycles. The van der Waals surface area contributed by atoms with Gasteiger partial charge in [0.2, 0.25) is 5.91 Å². The van der Waals surface area contributed by atoms with Gasteiger partial charge < -0.3 is 14.5 Å². The first kappa shape index (κ1) is 17.4. The Morgan fingerprint density at radius 2 is 1.79 bits per heavy atom. The molecule has 1 heterocycles. The Hall–Kier alpha value is -2.97. The Morgan fingerprint density at radius 3 is 2.38 bits per heavy atom. The summed E-state index contributed by atoms with van der Waals surface area (Å²) in [6.07, 6.45) is 0. The van der Waals surface area contributed by atoms with Crippen LogP contribution in [-0.2, 0) is 14.3 Å². The minimum atomic E-state index is -0.797. The molecule has 0 unspecified atom stereocenters. The van der Waals surface area contributed by atoms with E-state index in [1.54, 1.807) is 4.90 Å². The van der Waals surface area contributed by atoms with E-state index in [4.69, 9.17) is 4.74 Å². The summed E-state index contributed by atoms with van der Waals surface area (Å²) in [5.74, 6) is -1.20. The molecule has 2 rings (SSSR count). The number of hydrogen-bond donors (Lipinski definition) is 0. The maximum atomic E-state index is 12.0. The van der Waals surface area contributed by atoms with E-state index >= 15 is 0 Å². The van der Waals surface area contributed by atoms with Gasteiger partial charge in [-0.05, 0) is 6.07 Å². The summed E-state index contributed by atoms with van der Waals surface area (Å²) >= 11 is 0. The van der Waals surface area contributed by atoms with Gasteiger partial charge in [-0.15, -0.1) is 0 Å². The second kappa shape index (κ2) is 7.53. The lowest BCUT2D eigenvalue weighted by Crippen LogP contribution is -2.51. The third-order valence-corrected chi connectivity index (χ3v) is 3.70. The van der Waals surface area contributed by atoms with Crippen LogP contribution in [0.2, 0.25) is 0 Å². The average Bonchev–Trinajstić information content (AvgIpc) is 2.59. The Kier molecular flexibility index (Phi) is 5.46. The topological polar surface area (TPSA) is 110 Å². The van der Waals surface area contributed by atoms with Crippen LogP contribution in [-0.4, -0.2) is 65.3 Å². The van der Waals surface area contributed by atoms with E-state index in [9.17, 15) is 24.5 Å². The van der Waals surface area contributed by atoms with Crippen molar-refractivity contribution in [2.24, 2.45) is 0 Å². The molecule has 1 aliphatic heterocycles. The molecule has 0 bridgehead atoms. The first-order chi connectivity index (χ1) is 11.4. The number of non-ortho nitro benzene ring substituents is 1. The van der Waals surface area contributed by atoms with E-state index in [1.807, 2.05) is 0 Å². The zero-order valence-corrected chi connectivity index (χ0v) is 13.1. The summed E-state index contributed by atoms with van der Waals surface area (Å²) in [5.41, 5.74) is -0.213. The highest BCUT2D eigenvalue weighted by atomic mass is 16.6. The zero-order valence-electron chi connectivity index (χ0n) is 13.1. The maximum Gasteiger partial charge on any atom is 0.338 e. The van der Waals surface area contributed by atoms with Crippen LogP contribution in [0.4, 0.5) is 5.69 Å². The summed E-state index contributed by atoms with van der Waals surface area (Å²) in [6, 6.07) is 5.11. The van der Waals surface area contributed by atoms with Crippen molar-refractivity contribution < 1.29 is 24.0 Å². The molecule has 1 saturated heterocycles. The maximum absolute atomic E-state index is 12.0. The minimum absolute atomic E-state index is 0.0124. The summed E-state index contributed by atoms with van der Waals surface area (Å²) in [5, 5.41) is 10.7. The van der Waals surface area contributed by atoms with E-state index in [1.165, 1.54) is 30.0 Å². The SMILES string of the molecule is CC(=O)N1CCN(C(=O)COC(=O)c2cccc([N+](=O)[O-])c2)CC1. The largest absolute Gasteiger partial charge is 0.452 e. The number of nitro benzene ring substituents is 1. The number of piperazine rings is 1. The summed E-state index contributed by atoms with van der Waals surface area (Å²) in [6.45, 7) is 2.68. The normalized spacial score (nSPS) is 14.2. The van der Waals surface area contributed by atoms with Gasteiger partial charge in [-0.2, -0.15) is 0 Å². The summed E-state index contributed by atoms with van der Waals surface area (Å²) in [4.78, 5) is 48.4. The molecule has 24 heavy (non-hydrogen) atoms. The van der Waals surface area contributed by atoms with E-state index < -0.39 is 17.5 Å². The predicted octanol–water partition coefficient (Wildman–Crippen LogP) is 0.442. The van der Waals surface area contributed by atoms with Crippen molar-refractivity contribution in [3.63, 3.8) is 0 Å². The van der Waals surface area contributed by atoms with Crippen molar-refractivity contribution >= 4 is 23.5 Å². The third-order valence-electron chi connectivity index (χ3n) is 3.70. The monoisotopic (exact) mass is 335 g/mol. The lowest BCUT2D eigenvalue weighted by molar-refractivity contribution is -0.384. The van der Waals surface area contributed by atoms with E-state index in [0.717, 1.165) is 6.07 Å². The Bertz CT molecular complexity index is 667. The van der Waals surface area contributed by atoms with Gasteiger partial charge in [0, 0.05) is 45.2 Å². The zero-order chi connectivity index (χ0) is 17.7. The lowest BCUT2D eigenvalue weighted by Gasteiger charge is -2.34. The molecule has 0 atom stereocenters. The Labute approximate surface area is 137 Å². The molecule has 0 N–H and O–H groups in total. The number of carbonyl (C=O) groups is 3. The van der Waals surface area contributed by atoms with Crippen molar-refractivity contribution in [2.75, 3.05) is 32.8 Å². The fourth-order valence-corrected chi connectivity index (χ4v) is 2.32. The Morgan fingerprint density at radius 1 is 1.17 bits per heavy atom. The van der Waals surface area contributed by atoms with Gasteiger partial charge in [-0.1, -0.05) is 6.07 Å². The first-order valence-electron chi connectivity index (χ1n) is 7.33. The number of ether oxygens (including phenoxy) is 1. The number of rotatable bonds is 4. The predicted molar refractivity (Wildman–Crippen MR) is 82.2 cm³/mol. The molecule has 2 amide bonds. The average molecular weight is 335 g/mol. The molecule has 0 aliphatic carbocycles. The first-order valence-corrected chi connectivity index (χ1v) is 7.33. The van der Waals surface area contributed by atoms with E-state index in [2.05, 4.69) is 0 Å². The smallest absolute Gasteiger partial charge is 0.338 e. The van der Waals surface area contributed by atoms with Gasteiger partial charge >= 0.3 is 5.97 Å². The number of hydrogen-bond acceptors (Lipinski definition) is 6. The molecule has 9 heteroatoms. The van der Waals surface area contributed by atoms with Crippen LogP contribution in [0, 0.1) is 10.1 Å². The van der Waals surface area contributed by atoms with Gasteiger partial charge in [0.15, 0.2) is 6.61 Å². The van der Waals surface area contributed by atoms with Crippen LogP contribution in [0.5, 0.6) is 0 Å². The molecule has 0 aromatic heterocycles. The number of benzene rings is 1. The molecular weight excluding hydrogens is 318 g/mol. The van der Waals surface area contributed by atoms with Crippen LogP contribution >= 0.6 is 0 Å². The summed E-state index contributed by atoms with van der Waals surface area (Å²) in [7, 11) is 0. The molecule has 0 spiro atoms. The molecule has 1 aliphatic rings. The highest BCUT2D eigenvalue weighted by Gasteiger charge is 2.23. The molecule has 1 aromatic rings. The lowest BCUT2D eigenvalue weighted by atomic mass is 10.2. The van der Waals surface area contributed by atoms with Crippen LogP contribution in [0.25, 0.3) is 0 Å². The second-order valence-electron chi connectivity index (χ2n) is 5.27. The fraction of sp³-hybridized carbons (Fsp3) is 0.400. The summed E-state index contributed by atoms with van der Waals surface area (Å²) < 4.78 is 4.92. The number of nitro groups is 1. The highest BCUT2D eigenvalue weighted by molar-refractivity contribution is 5.92. The molecule has 0 saturated carbocycles. The Balaban J connectivity index is 1.86. The van der Waals surface area contributed by atoms with Crippen molar-refractivity contribution in [2.45, 2.75) is 6.92 Å². The third kappa shape index (κ3) is 4.28. The van der Waals surface area contributed by atoms with Crippen molar-refractivity contribution in [3.8, 4) is 0 Å². The van der Waals surface area contributed by atoms with Crippen molar-refractivity contribution in [1.82, 2.24) is 9.80 Å². The van der Waals surface area contributed by atoms with Crippen LogP contribution < -0.4 is 0 Å². The van der Waals surface area contributed by atoms with Crippen molar-refractivity contribution in [1.29, 1.82) is 0 Å². The van der Waals surface area contributed by atoms with Crippen molar-refractivity contribution in [3.05, 3.63) is 39.9 Å². The van der Waals surface area contributed by atoms with Gasteiger partial charge in [-0.25, -0.2) is 4.79 Å². The minimum Gasteiger partial charge on any atom is -0.452 e. The number of carbonyl (C=O) groups excluding carboxylic acids is 3. The molecule has 9 nitrogen and oxygen atoms in total. The molecule has 128 valence electrons. The van der Waals surface area contributed by atoms with Gasteiger partial charge in [0.05, 0.1) is 10.5 Å². The van der Waals surface area contributed by atoms with Crippen LogP contribution in [0.15, 0.2) is 24.3 Å². The standard InChI is InChI=1S/C15H17N3O6/c1-11(19)16-5-7-17(8-6-16)14(20)10-24-15(21)12-3-2-4-13(9-12)18(22)23/h2-4,9H,5-8,10H2,1H3. The van der Waals surface area contributed by atoms with Crippen LogP contribution in [0.3, 0.4) is 0 Å². The molecule has 1 fully saturated rings. The van der Waals surface area contributed by atoms with Gasteiger partial charge in [0.25, 0.3) is 11.6 Å². The number of amides is 2.